The van der Waals surface area contributed by atoms with Crippen LogP contribution in [0, 0.1) is 5.82 Å². The summed E-state index contributed by atoms with van der Waals surface area (Å²) >= 11 is 0. The van der Waals surface area contributed by atoms with E-state index in [0.29, 0.717) is 36.1 Å². The molecule has 0 atom stereocenters. The van der Waals surface area contributed by atoms with Crippen molar-refractivity contribution in [3.05, 3.63) is 65.8 Å². The van der Waals surface area contributed by atoms with Crippen LogP contribution in [0.1, 0.15) is 17.9 Å². The third kappa shape index (κ3) is 4.78. The Labute approximate surface area is 165 Å². The molecular formula is C21H17FN2O5. The quantitative estimate of drug-likeness (QED) is 0.479. The highest BCUT2D eigenvalue weighted by molar-refractivity contribution is 5.87. The molecule has 0 bridgehead atoms. The van der Waals surface area contributed by atoms with Gasteiger partial charge in [-0.05, 0) is 48.0 Å². The van der Waals surface area contributed by atoms with Gasteiger partial charge >= 0.3 is 5.97 Å². The summed E-state index contributed by atoms with van der Waals surface area (Å²) in [6.07, 6.45) is 3.75. The molecule has 0 amide bonds. The number of ether oxygens (including phenoxy) is 3. The Kier molecular flexibility index (Phi) is 5.51. The number of halogens is 1. The molecule has 2 heterocycles. The van der Waals surface area contributed by atoms with E-state index in [4.69, 9.17) is 18.7 Å². The number of carbonyl (C=O) groups excluding carboxylic acids is 1. The number of fused-ring (bicyclic) bond motifs is 1. The van der Waals surface area contributed by atoms with Crippen LogP contribution in [-0.2, 0) is 16.1 Å². The summed E-state index contributed by atoms with van der Waals surface area (Å²) in [5.74, 6) is 0.860. The maximum absolute atomic E-state index is 13.0. The second-order valence-corrected chi connectivity index (χ2v) is 6.22. The zero-order valence-corrected chi connectivity index (χ0v) is 15.3. The van der Waals surface area contributed by atoms with Gasteiger partial charge in [-0.3, -0.25) is 0 Å². The molecule has 0 radical (unpaired) electrons. The number of nitrogens with zero attached hydrogens (tertiary/aromatic N) is 2. The van der Waals surface area contributed by atoms with E-state index in [2.05, 4.69) is 10.1 Å². The average molecular weight is 396 g/mol. The Balaban J connectivity index is 1.33. The van der Waals surface area contributed by atoms with Crippen molar-refractivity contribution in [1.29, 1.82) is 0 Å². The minimum Gasteiger partial charge on any atom is -0.490 e. The van der Waals surface area contributed by atoms with Crippen molar-refractivity contribution in [2.24, 2.45) is 0 Å². The molecule has 3 aromatic rings. The fraction of sp³-hybridized carbons (Fsp3) is 0.190. The number of benzene rings is 2. The largest absolute Gasteiger partial charge is 0.490 e. The molecule has 4 rings (SSSR count). The van der Waals surface area contributed by atoms with Gasteiger partial charge in [0.2, 0.25) is 5.82 Å². The van der Waals surface area contributed by atoms with Crippen LogP contribution in [0.15, 0.2) is 53.1 Å². The lowest BCUT2D eigenvalue weighted by atomic mass is 10.2. The summed E-state index contributed by atoms with van der Waals surface area (Å²) in [4.78, 5) is 16.1. The van der Waals surface area contributed by atoms with E-state index in [9.17, 15) is 9.18 Å². The first-order chi connectivity index (χ1) is 14.2. The van der Waals surface area contributed by atoms with E-state index in [1.54, 1.807) is 18.2 Å². The molecule has 29 heavy (non-hydrogen) atoms. The van der Waals surface area contributed by atoms with Gasteiger partial charge in [0.05, 0.1) is 13.2 Å². The van der Waals surface area contributed by atoms with Crippen LogP contribution in [0.5, 0.6) is 11.5 Å². The molecule has 0 fully saturated rings. The molecule has 8 heteroatoms. The number of esters is 1. The number of hydrogen-bond donors (Lipinski definition) is 0. The van der Waals surface area contributed by atoms with Crippen LogP contribution in [0.3, 0.4) is 0 Å². The van der Waals surface area contributed by atoms with Gasteiger partial charge in [0.25, 0.3) is 5.89 Å². The van der Waals surface area contributed by atoms with Gasteiger partial charge in [0.15, 0.2) is 18.1 Å². The molecule has 0 N–H and O–H groups in total. The number of hydrogen-bond acceptors (Lipinski definition) is 7. The average Bonchev–Trinajstić information content (AvgIpc) is 3.08. The van der Waals surface area contributed by atoms with Crippen molar-refractivity contribution in [3.8, 4) is 22.9 Å². The monoisotopic (exact) mass is 396 g/mol. The molecule has 148 valence electrons. The van der Waals surface area contributed by atoms with Gasteiger partial charge in [-0.1, -0.05) is 11.2 Å². The molecule has 2 aromatic carbocycles. The second kappa shape index (κ2) is 8.55. The minimum absolute atomic E-state index is 0.140. The number of carbonyl (C=O) groups is 1. The van der Waals surface area contributed by atoms with Crippen molar-refractivity contribution in [1.82, 2.24) is 10.1 Å². The lowest BCUT2D eigenvalue weighted by Crippen LogP contribution is -2.01. The van der Waals surface area contributed by atoms with Crippen molar-refractivity contribution >= 4 is 12.0 Å². The normalized spacial score (nSPS) is 13.3. The fourth-order valence-electron chi connectivity index (χ4n) is 2.66. The Morgan fingerprint density at radius 2 is 1.90 bits per heavy atom. The van der Waals surface area contributed by atoms with Crippen LogP contribution in [0.4, 0.5) is 4.39 Å². The third-order valence-corrected chi connectivity index (χ3v) is 4.09. The molecule has 0 spiro atoms. The molecular weight excluding hydrogens is 379 g/mol. The molecule has 1 aliphatic rings. The van der Waals surface area contributed by atoms with Gasteiger partial charge in [-0.25, -0.2) is 9.18 Å². The standard InChI is InChI=1S/C21H17FN2O5/c22-16-6-4-15(5-7-16)21-23-19(29-24-21)13-28-20(25)9-3-14-2-8-17-18(12-14)27-11-1-10-26-17/h2-9,12H,1,10-11,13H2/b9-3+. The van der Waals surface area contributed by atoms with Crippen LogP contribution >= 0.6 is 0 Å². The zero-order valence-electron chi connectivity index (χ0n) is 15.3. The van der Waals surface area contributed by atoms with Crippen LogP contribution in [-0.4, -0.2) is 29.3 Å². The van der Waals surface area contributed by atoms with Gasteiger partial charge in [-0.15, -0.1) is 0 Å². The van der Waals surface area contributed by atoms with Gasteiger partial charge in [-0.2, -0.15) is 4.98 Å². The highest BCUT2D eigenvalue weighted by Crippen LogP contribution is 2.30. The molecule has 0 saturated carbocycles. The first kappa shape index (κ1) is 18.7. The highest BCUT2D eigenvalue weighted by atomic mass is 19.1. The number of rotatable bonds is 5. The zero-order chi connectivity index (χ0) is 20.1. The van der Waals surface area contributed by atoms with Gasteiger partial charge in [0.1, 0.15) is 5.82 Å². The Bertz CT molecular complexity index is 1030. The maximum Gasteiger partial charge on any atom is 0.331 e. The van der Waals surface area contributed by atoms with Crippen molar-refractivity contribution < 1.29 is 27.9 Å². The lowest BCUT2D eigenvalue weighted by molar-refractivity contribution is -0.139. The van der Waals surface area contributed by atoms with E-state index < -0.39 is 5.97 Å². The van der Waals surface area contributed by atoms with E-state index >= 15 is 0 Å². The van der Waals surface area contributed by atoms with Crippen molar-refractivity contribution in [2.75, 3.05) is 13.2 Å². The van der Waals surface area contributed by atoms with Gasteiger partial charge < -0.3 is 18.7 Å². The van der Waals surface area contributed by atoms with E-state index in [1.807, 2.05) is 6.07 Å². The lowest BCUT2D eigenvalue weighted by Gasteiger charge is -2.07. The molecule has 7 nitrogen and oxygen atoms in total. The van der Waals surface area contributed by atoms with E-state index in [-0.39, 0.29) is 18.3 Å². The summed E-state index contributed by atoms with van der Waals surface area (Å²) in [7, 11) is 0. The summed E-state index contributed by atoms with van der Waals surface area (Å²) < 4.78 is 34.3. The number of aromatic nitrogens is 2. The first-order valence-corrected chi connectivity index (χ1v) is 9.00. The maximum atomic E-state index is 13.0. The molecule has 1 aromatic heterocycles. The molecule has 0 unspecified atom stereocenters. The summed E-state index contributed by atoms with van der Waals surface area (Å²) in [6, 6.07) is 11.1. The van der Waals surface area contributed by atoms with Crippen LogP contribution in [0.25, 0.3) is 17.5 Å². The smallest absolute Gasteiger partial charge is 0.331 e. The molecule has 0 saturated heterocycles. The Hall–Kier alpha value is -3.68. The predicted octanol–water partition coefficient (Wildman–Crippen LogP) is 3.79. The molecule has 1 aliphatic heterocycles. The van der Waals surface area contributed by atoms with Gasteiger partial charge in [0, 0.05) is 18.1 Å². The third-order valence-electron chi connectivity index (χ3n) is 4.09. The fourth-order valence-corrected chi connectivity index (χ4v) is 2.66. The van der Waals surface area contributed by atoms with E-state index in [1.165, 1.54) is 30.3 Å². The first-order valence-electron chi connectivity index (χ1n) is 9.00. The van der Waals surface area contributed by atoms with Crippen LogP contribution in [0.2, 0.25) is 0 Å². The molecule has 0 aliphatic carbocycles. The van der Waals surface area contributed by atoms with Crippen molar-refractivity contribution in [2.45, 2.75) is 13.0 Å². The SMILES string of the molecule is O=C(/C=C/c1ccc2c(c1)OCCCO2)OCc1nc(-c2ccc(F)cc2)no1. The second-order valence-electron chi connectivity index (χ2n) is 6.22. The summed E-state index contributed by atoms with van der Waals surface area (Å²) in [5.41, 5.74) is 1.38. The topological polar surface area (TPSA) is 83.7 Å². The summed E-state index contributed by atoms with van der Waals surface area (Å²) in [6.45, 7) is 1.04. The van der Waals surface area contributed by atoms with E-state index in [0.717, 1.165) is 12.0 Å². The highest BCUT2D eigenvalue weighted by Gasteiger charge is 2.11. The Morgan fingerprint density at radius 1 is 1.10 bits per heavy atom. The summed E-state index contributed by atoms with van der Waals surface area (Å²) in [5, 5.41) is 3.79. The Morgan fingerprint density at radius 3 is 2.72 bits per heavy atom. The van der Waals surface area contributed by atoms with Crippen molar-refractivity contribution in [3.63, 3.8) is 0 Å². The van der Waals surface area contributed by atoms with Crippen LogP contribution < -0.4 is 9.47 Å². The minimum atomic E-state index is -0.557. The predicted molar refractivity (Wildman–Crippen MR) is 101 cm³/mol.